The van der Waals surface area contributed by atoms with Gasteiger partial charge in [-0.1, -0.05) is 152 Å². The maximum atomic E-state index is 7.15. The number of furan rings is 2. The molecule has 0 amide bonds. The zero-order valence-electron chi connectivity index (χ0n) is 37.3. The van der Waals surface area contributed by atoms with Crippen molar-refractivity contribution in [2.24, 2.45) is 0 Å². The average molecular weight is 884 g/mol. The van der Waals surface area contributed by atoms with Crippen LogP contribution in [0, 0.1) is 0 Å². The first-order chi connectivity index (χ1) is 34.2. The Hall–Kier alpha value is -9.32. The van der Waals surface area contributed by atoms with Gasteiger partial charge in [0.15, 0.2) is 11.2 Å². The molecule has 5 nitrogen and oxygen atoms in total. The van der Waals surface area contributed by atoms with Crippen LogP contribution in [0.4, 0.5) is 34.1 Å². The smallest absolute Gasteiger partial charge is 0.159 e. The lowest BCUT2D eigenvalue weighted by atomic mass is 10.00. The summed E-state index contributed by atoms with van der Waals surface area (Å²) >= 11 is 0. The second-order valence-electron chi connectivity index (χ2n) is 17.7. The van der Waals surface area contributed by atoms with Crippen LogP contribution in [-0.2, 0) is 0 Å². The summed E-state index contributed by atoms with van der Waals surface area (Å²) < 4.78 is 16.3. The third-order valence-electron chi connectivity index (χ3n) is 13.7. The van der Waals surface area contributed by atoms with Crippen LogP contribution >= 0.6 is 0 Å². The maximum Gasteiger partial charge on any atom is 0.159 e. The first-order valence-corrected chi connectivity index (χ1v) is 23.4. The molecule has 0 fully saturated rings. The van der Waals surface area contributed by atoms with E-state index in [2.05, 4.69) is 251 Å². The monoisotopic (exact) mass is 883 g/mol. The lowest BCUT2D eigenvalue weighted by molar-refractivity contribution is 0.666. The van der Waals surface area contributed by atoms with Gasteiger partial charge in [-0.05, 0) is 119 Å². The molecule has 0 unspecified atom stereocenters. The normalized spacial score (nSPS) is 11.8. The van der Waals surface area contributed by atoms with E-state index >= 15 is 0 Å². The average Bonchev–Trinajstić information content (AvgIpc) is 4.10. The molecule has 0 saturated carbocycles. The SMILES string of the molecule is c1ccc(N(c2ccccc2)c2cccc(N(c3cccc4c3oc3ccccc34)c3cccc4c3oc3cc(-c5ccc6c7c8ccccc8ccc7n(-c7ccccc7)c6c5)ccc34)c2)cc1. The van der Waals surface area contributed by atoms with Crippen LogP contribution in [0.2, 0.25) is 0 Å². The summed E-state index contributed by atoms with van der Waals surface area (Å²) in [5, 5.41) is 9.19. The molecular formula is C64H41N3O2. The summed E-state index contributed by atoms with van der Waals surface area (Å²) in [6.45, 7) is 0. The largest absolute Gasteiger partial charge is 0.454 e. The Morgan fingerprint density at radius 1 is 0.304 bits per heavy atom. The second kappa shape index (κ2) is 15.7. The van der Waals surface area contributed by atoms with E-state index in [4.69, 9.17) is 8.83 Å². The van der Waals surface area contributed by atoms with Crippen molar-refractivity contribution >= 4 is 111 Å². The number of aromatic nitrogens is 1. The van der Waals surface area contributed by atoms with Crippen LogP contribution in [0.5, 0.6) is 0 Å². The second-order valence-corrected chi connectivity index (χ2v) is 17.7. The zero-order chi connectivity index (χ0) is 45.4. The predicted octanol–water partition coefficient (Wildman–Crippen LogP) is 18.3. The molecule has 3 heterocycles. The van der Waals surface area contributed by atoms with Crippen LogP contribution in [0.15, 0.2) is 258 Å². The topological polar surface area (TPSA) is 37.7 Å². The summed E-state index contributed by atoms with van der Waals surface area (Å²) in [4.78, 5) is 4.60. The van der Waals surface area contributed by atoms with Crippen LogP contribution in [-0.4, -0.2) is 4.57 Å². The fourth-order valence-electron chi connectivity index (χ4n) is 10.6. The number of rotatable bonds is 8. The van der Waals surface area contributed by atoms with Crippen LogP contribution in [0.1, 0.15) is 0 Å². The highest BCUT2D eigenvalue weighted by Crippen LogP contribution is 2.48. The number of fused-ring (bicyclic) bond motifs is 11. The molecule has 69 heavy (non-hydrogen) atoms. The quantitative estimate of drug-likeness (QED) is 0.152. The van der Waals surface area contributed by atoms with E-state index in [-0.39, 0.29) is 0 Å². The van der Waals surface area contributed by atoms with Gasteiger partial charge >= 0.3 is 0 Å². The van der Waals surface area contributed by atoms with E-state index in [9.17, 15) is 0 Å². The Bertz CT molecular complexity index is 4220. The van der Waals surface area contributed by atoms with Gasteiger partial charge in [-0.3, -0.25) is 0 Å². The maximum absolute atomic E-state index is 7.15. The van der Waals surface area contributed by atoms with Gasteiger partial charge in [-0.2, -0.15) is 0 Å². The molecule has 0 aliphatic carbocycles. The number of para-hydroxylation sites is 6. The highest BCUT2D eigenvalue weighted by molar-refractivity contribution is 6.22. The van der Waals surface area contributed by atoms with Gasteiger partial charge < -0.3 is 23.2 Å². The molecule has 0 saturated heterocycles. The van der Waals surface area contributed by atoms with Crippen molar-refractivity contribution in [3.63, 3.8) is 0 Å². The van der Waals surface area contributed by atoms with Crippen molar-refractivity contribution < 1.29 is 8.83 Å². The van der Waals surface area contributed by atoms with Crippen LogP contribution < -0.4 is 9.80 Å². The third-order valence-corrected chi connectivity index (χ3v) is 13.7. The molecule has 14 aromatic rings. The number of hydrogen-bond donors (Lipinski definition) is 0. The van der Waals surface area contributed by atoms with Gasteiger partial charge in [0.2, 0.25) is 0 Å². The van der Waals surface area contributed by atoms with E-state index in [1.165, 1.54) is 27.1 Å². The summed E-state index contributed by atoms with van der Waals surface area (Å²) in [6, 6.07) is 88.4. The van der Waals surface area contributed by atoms with E-state index in [0.29, 0.717) is 0 Å². The molecule has 0 atom stereocenters. The molecule has 5 heteroatoms. The molecule has 0 spiro atoms. The van der Waals surface area contributed by atoms with Gasteiger partial charge in [0.1, 0.15) is 11.2 Å². The van der Waals surface area contributed by atoms with E-state index in [1.54, 1.807) is 0 Å². The minimum absolute atomic E-state index is 0.790. The molecule has 0 radical (unpaired) electrons. The molecule has 324 valence electrons. The highest BCUT2D eigenvalue weighted by Gasteiger charge is 2.25. The van der Waals surface area contributed by atoms with E-state index in [1.807, 2.05) is 12.1 Å². The molecule has 0 N–H and O–H groups in total. The Kier molecular flexibility index (Phi) is 8.83. The standard InChI is InChI=1S/C64H41N3O2/c1-4-18-45(19-5-1)65(46-20-6-2-7-21-46)48-24-14-25-49(41-48)67(57-30-15-28-53-51-27-12-13-32-60(51)68-63(53)57)58-31-16-29-54-52-36-33-44(40-61(52)69-64(54)58)43-34-37-55-59(39-43)66(47-22-8-3-9-23-47)56-38-35-42-17-10-11-26-50(42)62(55)56/h1-41H. The Morgan fingerprint density at radius 3 is 1.54 bits per heavy atom. The van der Waals surface area contributed by atoms with Crippen molar-refractivity contribution in [1.29, 1.82) is 0 Å². The molecule has 11 aromatic carbocycles. The third kappa shape index (κ3) is 6.25. The summed E-state index contributed by atoms with van der Waals surface area (Å²) in [5.74, 6) is 0. The lowest BCUT2D eigenvalue weighted by Crippen LogP contribution is -2.13. The fraction of sp³-hybridized carbons (Fsp3) is 0. The zero-order valence-corrected chi connectivity index (χ0v) is 37.3. The Morgan fingerprint density at radius 2 is 0.826 bits per heavy atom. The van der Waals surface area contributed by atoms with Crippen molar-refractivity contribution in [2.75, 3.05) is 9.80 Å². The van der Waals surface area contributed by atoms with Crippen LogP contribution in [0.25, 0.3) is 93.3 Å². The van der Waals surface area contributed by atoms with Gasteiger partial charge in [0.05, 0.1) is 22.4 Å². The van der Waals surface area contributed by atoms with Gasteiger partial charge in [0, 0.05) is 60.8 Å². The Labute approximate surface area is 397 Å². The summed E-state index contributed by atoms with van der Waals surface area (Å²) in [5.41, 5.74) is 14.9. The predicted molar refractivity (Wildman–Crippen MR) is 288 cm³/mol. The van der Waals surface area contributed by atoms with Gasteiger partial charge in [0.25, 0.3) is 0 Å². The van der Waals surface area contributed by atoms with E-state index < -0.39 is 0 Å². The minimum Gasteiger partial charge on any atom is -0.454 e. The number of benzene rings is 11. The number of hydrogen-bond acceptors (Lipinski definition) is 4. The van der Waals surface area contributed by atoms with Crippen molar-refractivity contribution in [2.45, 2.75) is 0 Å². The molecule has 0 bridgehead atoms. The number of nitrogens with zero attached hydrogens (tertiary/aromatic N) is 3. The molecule has 14 rings (SSSR count). The molecular weight excluding hydrogens is 843 g/mol. The van der Waals surface area contributed by atoms with Crippen molar-refractivity contribution in [1.82, 2.24) is 4.57 Å². The minimum atomic E-state index is 0.790. The summed E-state index contributed by atoms with van der Waals surface area (Å²) in [7, 11) is 0. The van der Waals surface area contributed by atoms with Crippen LogP contribution in [0.3, 0.4) is 0 Å². The van der Waals surface area contributed by atoms with E-state index in [0.717, 1.165) is 100 Å². The number of anilines is 6. The molecule has 3 aromatic heterocycles. The molecule has 0 aliphatic heterocycles. The first-order valence-electron chi connectivity index (χ1n) is 23.4. The lowest BCUT2D eigenvalue weighted by Gasteiger charge is -2.29. The van der Waals surface area contributed by atoms with Crippen molar-refractivity contribution in [3.8, 4) is 16.8 Å². The van der Waals surface area contributed by atoms with Crippen molar-refractivity contribution in [3.05, 3.63) is 249 Å². The molecule has 0 aliphatic rings. The highest BCUT2D eigenvalue weighted by atomic mass is 16.3. The first kappa shape index (κ1) is 38.9. The van der Waals surface area contributed by atoms with Gasteiger partial charge in [-0.25, -0.2) is 0 Å². The Balaban J connectivity index is 0.959. The summed E-state index contributed by atoms with van der Waals surface area (Å²) in [6.07, 6.45) is 0. The fourth-order valence-corrected chi connectivity index (χ4v) is 10.6. The van der Waals surface area contributed by atoms with Gasteiger partial charge in [-0.15, -0.1) is 0 Å².